The van der Waals surface area contributed by atoms with Crippen molar-refractivity contribution >= 4 is 51.8 Å². The van der Waals surface area contributed by atoms with E-state index in [4.69, 9.17) is 10.5 Å². The first-order valence-electron chi connectivity index (χ1n) is 13.8. The van der Waals surface area contributed by atoms with Gasteiger partial charge in [0.2, 0.25) is 23.6 Å². The van der Waals surface area contributed by atoms with E-state index in [-0.39, 0.29) is 50.0 Å². The molecule has 2 rings (SSSR count). The third-order valence-electron chi connectivity index (χ3n) is 6.34. The normalized spacial score (nSPS) is 11.1. The largest absolute Gasteiger partial charge is 0.465 e. The van der Waals surface area contributed by atoms with E-state index < -0.39 is 42.0 Å². The molecule has 16 heteroatoms. The van der Waals surface area contributed by atoms with Crippen LogP contribution in [0.25, 0.3) is 0 Å². The Bertz CT molecular complexity index is 1330. The number of halogens is 1. The van der Waals surface area contributed by atoms with Gasteiger partial charge in [-0.3, -0.25) is 24.0 Å². The molecule has 0 aliphatic rings. The number of carbonyl (C=O) groups excluding carboxylic acids is 6. The van der Waals surface area contributed by atoms with Crippen LogP contribution in [-0.4, -0.2) is 88.4 Å². The summed E-state index contributed by atoms with van der Waals surface area (Å²) in [5.74, 6) is -3.59. The van der Waals surface area contributed by atoms with Gasteiger partial charge in [0.1, 0.15) is 10.8 Å². The van der Waals surface area contributed by atoms with Crippen molar-refractivity contribution in [1.29, 1.82) is 0 Å². The molecule has 0 aliphatic heterocycles. The van der Waals surface area contributed by atoms with Crippen LogP contribution in [0.4, 0.5) is 9.39 Å². The van der Waals surface area contributed by atoms with E-state index >= 15 is 0 Å². The molecule has 2 aromatic rings. The van der Waals surface area contributed by atoms with Crippen LogP contribution >= 0.6 is 11.3 Å². The summed E-state index contributed by atoms with van der Waals surface area (Å²) in [6.45, 7) is 2.86. The highest BCUT2D eigenvalue weighted by Gasteiger charge is 2.26. The summed E-state index contributed by atoms with van der Waals surface area (Å²) in [4.78, 5) is 72.2. The van der Waals surface area contributed by atoms with Crippen LogP contribution in [0.5, 0.6) is 0 Å². The summed E-state index contributed by atoms with van der Waals surface area (Å²) >= 11 is 1.10. The van der Waals surface area contributed by atoms with Gasteiger partial charge in [-0.05, 0) is 36.6 Å². The van der Waals surface area contributed by atoms with E-state index in [9.17, 15) is 33.2 Å². The number of nitrogens with one attached hydrogen (secondary N) is 6. The molecule has 14 nitrogen and oxygen atoms in total. The van der Waals surface area contributed by atoms with Crippen molar-refractivity contribution in [2.75, 3.05) is 58.2 Å². The van der Waals surface area contributed by atoms with Crippen molar-refractivity contribution in [3.05, 3.63) is 51.7 Å². The van der Waals surface area contributed by atoms with Gasteiger partial charge in [0.25, 0.3) is 5.91 Å². The SMILES string of the molecule is CCC(CNc1sc(C(=O)NCCNC(=O)CNC(=O)CNC(=O)CNC(=O)CN)c(C)c1C(=O)OC)c1ccc(F)cc1. The Balaban J connectivity index is 1.84. The van der Waals surface area contributed by atoms with Crippen LogP contribution in [0.1, 0.15) is 50.4 Å². The van der Waals surface area contributed by atoms with Gasteiger partial charge < -0.3 is 42.4 Å². The molecule has 1 unspecified atom stereocenters. The second-order valence-electron chi connectivity index (χ2n) is 9.43. The van der Waals surface area contributed by atoms with Gasteiger partial charge in [-0.25, -0.2) is 9.18 Å². The maximum absolute atomic E-state index is 13.4. The Labute approximate surface area is 258 Å². The molecule has 0 fully saturated rings. The molecule has 0 bridgehead atoms. The van der Waals surface area contributed by atoms with Crippen LogP contribution in [-0.2, 0) is 23.9 Å². The number of hydrogen-bond acceptors (Lipinski definition) is 10. The lowest BCUT2D eigenvalue weighted by Gasteiger charge is -2.17. The Morgan fingerprint density at radius 3 is 1.95 bits per heavy atom. The highest BCUT2D eigenvalue weighted by atomic mass is 32.1. The predicted octanol–water partition coefficient (Wildman–Crippen LogP) is -0.259. The zero-order chi connectivity index (χ0) is 32.6. The molecule has 44 heavy (non-hydrogen) atoms. The van der Waals surface area contributed by atoms with Gasteiger partial charge in [0.15, 0.2) is 0 Å². The number of methoxy groups -OCH3 is 1. The number of amides is 5. The molecular weight excluding hydrogens is 597 g/mol. The van der Waals surface area contributed by atoms with Gasteiger partial charge >= 0.3 is 5.97 Å². The second kappa shape index (κ2) is 18.2. The van der Waals surface area contributed by atoms with Gasteiger partial charge in [-0.1, -0.05) is 19.1 Å². The Kier molecular flexibility index (Phi) is 14.7. The van der Waals surface area contributed by atoms with Crippen molar-refractivity contribution in [3.8, 4) is 0 Å². The number of ether oxygens (including phenoxy) is 1. The van der Waals surface area contributed by atoms with E-state index in [2.05, 4.69) is 31.9 Å². The average Bonchev–Trinajstić information content (AvgIpc) is 3.35. The summed E-state index contributed by atoms with van der Waals surface area (Å²) in [6.07, 6.45) is 0.756. The van der Waals surface area contributed by atoms with E-state index in [1.807, 2.05) is 6.92 Å². The minimum Gasteiger partial charge on any atom is -0.465 e. The number of thiophene rings is 1. The maximum Gasteiger partial charge on any atom is 0.341 e. The third-order valence-corrected chi connectivity index (χ3v) is 7.59. The fourth-order valence-electron chi connectivity index (χ4n) is 3.91. The molecule has 0 saturated heterocycles. The summed E-state index contributed by atoms with van der Waals surface area (Å²) in [5.41, 5.74) is 6.74. The van der Waals surface area contributed by atoms with Crippen molar-refractivity contribution < 1.29 is 37.9 Å². The molecule has 1 atom stereocenters. The highest BCUT2D eigenvalue weighted by molar-refractivity contribution is 7.18. The van der Waals surface area contributed by atoms with Crippen LogP contribution in [0.2, 0.25) is 0 Å². The van der Waals surface area contributed by atoms with Crippen LogP contribution < -0.4 is 37.6 Å². The lowest BCUT2D eigenvalue weighted by atomic mass is 9.96. The molecule has 1 aromatic carbocycles. The Morgan fingerprint density at radius 1 is 0.864 bits per heavy atom. The number of rotatable bonds is 17. The molecule has 5 amide bonds. The molecular formula is C28H38FN7O7S. The zero-order valence-electron chi connectivity index (χ0n) is 24.8. The number of carbonyl (C=O) groups is 6. The number of esters is 1. The minimum absolute atomic E-state index is 0.0312. The van der Waals surface area contributed by atoms with E-state index in [1.54, 1.807) is 19.1 Å². The molecule has 8 N–H and O–H groups in total. The fraction of sp³-hybridized carbons (Fsp3) is 0.429. The van der Waals surface area contributed by atoms with Crippen molar-refractivity contribution in [3.63, 3.8) is 0 Å². The molecule has 0 aliphatic carbocycles. The summed E-state index contributed by atoms with van der Waals surface area (Å²) in [5, 5.41) is 15.8. The fourth-order valence-corrected chi connectivity index (χ4v) is 5.02. The third kappa shape index (κ3) is 11.3. The zero-order valence-corrected chi connectivity index (χ0v) is 25.6. The van der Waals surface area contributed by atoms with Gasteiger partial charge in [0, 0.05) is 25.6 Å². The van der Waals surface area contributed by atoms with Gasteiger partial charge in [-0.15, -0.1) is 11.3 Å². The van der Waals surface area contributed by atoms with Crippen molar-refractivity contribution in [1.82, 2.24) is 26.6 Å². The van der Waals surface area contributed by atoms with Crippen LogP contribution in [0.15, 0.2) is 24.3 Å². The van der Waals surface area contributed by atoms with Crippen LogP contribution in [0.3, 0.4) is 0 Å². The molecule has 1 heterocycles. The summed E-state index contributed by atoms with van der Waals surface area (Å²) in [7, 11) is 1.25. The standard InChI is InChI=1S/C28H38FN7O7S/c1-4-17(18-5-7-19(29)8-6-18)12-36-27-24(28(42)43-3)16(2)25(44-27)26(41)32-10-9-31-21(38)13-34-23(40)15-35-22(39)14-33-20(37)11-30/h5-8,17,36H,4,9-15,30H2,1-3H3,(H,31,38)(H,32,41)(H,33,37)(H,34,40)(H,35,39). The first-order chi connectivity index (χ1) is 21.0. The Morgan fingerprint density at radius 2 is 1.41 bits per heavy atom. The number of anilines is 1. The summed E-state index contributed by atoms with van der Waals surface area (Å²) in [6, 6.07) is 6.22. The predicted molar refractivity (Wildman–Crippen MR) is 162 cm³/mol. The van der Waals surface area contributed by atoms with Crippen molar-refractivity contribution in [2.45, 2.75) is 26.2 Å². The Hall–Kier alpha value is -4.57. The number of benzene rings is 1. The molecule has 0 spiro atoms. The molecule has 0 saturated carbocycles. The maximum atomic E-state index is 13.4. The lowest BCUT2D eigenvalue weighted by molar-refractivity contribution is -0.128. The quantitative estimate of drug-likeness (QED) is 0.0901. The van der Waals surface area contributed by atoms with Gasteiger partial charge in [-0.2, -0.15) is 0 Å². The first kappa shape index (κ1) is 35.6. The van der Waals surface area contributed by atoms with Crippen LogP contribution in [0, 0.1) is 12.7 Å². The van der Waals surface area contributed by atoms with E-state index in [0.29, 0.717) is 22.0 Å². The highest BCUT2D eigenvalue weighted by Crippen LogP contribution is 2.34. The van der Waals surface area contributed by atoms with E-state index in [1.165, 1.54) is 19.2 Å². The molecule has 0 radical (unpaired) electrons. The van der Waals surface area contributed by atoms with Crippen molar-refractivity contribution in [2.24, 2.45) is 5.73 Å². The number of hydrogen-bond donors (Lipinski definition) is 7. The molecule has 1 aromatic heterocycles. The lowest BCUT2D eigenvalue weighted by Crippen LogP contribution is -2.45. The topological polar surface area (TPSA) is 210 Å². The first-order valence-corrected chi connectivity index (χ1v) is 14.6. The number of nitrogens with two attached hydrogens (primary N) is 1. The molecule has 240 valence electrons. The summed E-state index contributed by atoms with van der Waals surface area (Å²) < 4.78 is 18.3. The van der Waals surface area contributed by atoms with E-state index in [0.717, 1.165) is 23.3 Å². The smallest absolute Gasteiger partial charge is 0.341 e. The second-order valence-corrected chi connectivity index (χ2v) is 10.5. The minimum atomic E-state index is -0.617. The monoisotopic (exact) mass is 635 g/mol. The average molecular weight is 636 g/mol. The van der Waals surface area contributed by atoms with Gasteiger partial charge in [0.05, 0.1) is 43.7 Å².